The van der Waals surface area contributed by atoms with Crippen molar-refractivity contribution in [2.45, 2.75) is 26.8 Å². The van der Waals surface area contributed by atoms with E-state index in [1.165, 1.54) is 22.4 Å². The fourth-order valence-corrected chi connectivity index (χ4v) is 3.69. The van der Waals surface area contributed by atoms with Crippen molar-refractivity contribution in [3.05, 3.63) is 66.5 Å². The van der Waals surface area contributed by atoms with Crippen LogP contribution in [0, 0.1) is 5.41 Å². The van der Waals surface area contributed by atoms with Gasteiger partial charge < -0.3 is 9.67 Å². The van der Waals surface area contributed by atoms with Gasteiger partial charge in [-0.05, 0) is 35.1 Å². The third kappa shape index (κ3) is 2.44. The molecule has 1 aliphatic heterocycles. The van der Waals surface area contributed by atoms with Crippen LogP contribution in [0.2, 0.25) is 0 Å². The van der Waals surface area contributed by atoms with Crippen LogP contribution in [0.4, 0.5) is 0 Å². The van der Waals surface area contributed by atoms with E-state index >= 15 is 0 Å². The number of aromatic nitrogens is 1. The summed E-state index contributed by atoms with van der Waals surface area (Å²) in [5.74, 6) is 0.308. The van der Waals surface area contributed by atoms with E-state index in [4.69, 9.17) is 0 Å². The van der Waals surface area contributed by atoms with Crippen LogP contribution in [0.3, 0.4) is 0 Å². The standard InChI is InChI=1S/C21H21NO/c1-21(2)12-19-20(16-6-4-3-5-7-16)18(13-22(19)14-21)15-8-10-17(23)11-9-15/h3-11,13,23H,12,14H2,1-2H3. The highest BCUT2D eigenvalue weighted by Crippen LogP contribution is 2.44. The van der Waals surface area contributed by atoms with Crippen molar-refractivity contribution in [2.24, 2.45) is 5.41 Å². The molecule has 4 rings (SSSR count). The maximum absolute atomic E-state index is 9.57. The van der Waals surface area contributed by atoms with Crippen LogP contribution in [-0.4, -0.2) is 9.67 Å². The minimum absolute atomic E-state index is 0.308. The summed E-state index contributed by atoms with van der Waals surface area (Å²) in [4.78, 5) is 0. The highest BCUT2D eigenvalue weighted by molar-refractivity contribution is 5.86. The van der Waals surface area contributed by atoms with Crippen LogP contribution in [0.25, 0.3) is 22.3 Å². The summed E-state index contributed by atoms with van der Waals surface area (Å²) in [6.07, 6.45) is 3.37. The molecule has 116 valence electrons. The van der Waals surface area contributed by atoms with Crippen molar-refractivity contribution in [3.8, 4) is 28.0 Å². The Bertz CT molecular complexity index is 842. The molecule has 0 aliphatic carbocycles. The Hall–Kier alpha value is -2.48. The Kier molecular flexibility index (Phi) is 3.08. The van der Waals surface area contributed by atoms with Gasteiger partial charge in [-0.3, -0.25) is 0 Å². The van der Waals surface area contributed by atoms with E-state index < -0.39 is 0 Å². The molecule has 0 saturated carbocycles. The van der Waals surface area contributed by atoms with Gasteiger partial charge in [-0.25, -0.2) is 0 Å². The molecule has 0 radical (unpaired) electrons. The zero-order valence-corrected chi connectivity index (χ0v) is 13.6. The zero-order chi connectivity index (χ0) is 16.0. The van der Waals surface area contributed by atoms with Crippen molar-refractivity contribution < 1.29 is 5.11 Å². The van der Waals surface area contributed by atoms with Crippen LogP contribution in [0.1, 0.15) is 19.5 Å². The first kappa shape index (κ1) is 14.1. The molecule has 2 heteroatoms. The third-order valence-electron chi connectivity index (χ3n) is 4.67. The molecule has 3 aromatic rings. The molecule has 2 aromatic carbocycles. The molecule has 1 aromatic heterocycles. The van der Waals surface area contributed by atoms with Gasteiger partial charge >= 0.3 is 0 Å². The van der Waals surface area contributed by atoms with Crippen LogP contribution in [0.5, 0.6) is 5.75 Å². The van der Waals surface area contributed by atoms with Crippen molar-refractivity contribution >= 4 is 0 Å². The topological polar surface area (TPSA) is 25.2 Å². The molecule has 0 atom stereocenters. The molecular weight excluding hydrogens is 282 g/mol. The third-order valence-corrected chi connectivity index (χ3v) is 4.67. The van der Waals surface area contributed by atoms with Gasteiger partial charge in [-0.15, -0.1) is 0 Å². The number of fused-ring (bicyclic) bond motifs is 1. The molecule has 0 bridgehead atoms. The normalized spacial score (nSPS) is 15.6. The van der Waals surface area contributed by atoms with Crippen LogP contribution >= 0.6 is 0 Å². The molecule has 1 aliphatic rings. The summed E-state index contributed by atoms with van der Waals surface area (Å²) >= 11 is 0. The van der Waals surface area contributed by atoms with Gasteiger partial charge in [0, 0.05) is 29.6 Å². The van der Waals surface area contributed by atoms with Gasteiger partial charge in [0.1, 0.15) is 5.75 Å². The quantitative estimate of drug-likeness (QED) is 0.699. The second-order valence-electron chi connectivity index (χ2n) is 7.25. The predicted octanol–water partition coefficient (Wildman–Crippen LogP) is 5.11. The summed E-state index contributed by atoms with van der Waals surface area (Å²) in [7, 11) is 0. The molecule has 0 unspecified atom stereocenters. The lowest BCUT2D eigenvalue weighted by atomic mass is 9.87. The number of benzene rings is 2. The first-order valence-corrected chi connectivity index (χ1v) is 8.10. The van der Waals surface area contributed by atoms with Gasteiger partial charge in [0.2, 0.25) is 0 Å². The van der Waals surface area contributed by atoms with E-state index in [2.05, 4.69) is 54.9 Å². The summed E-state index contributed by atoms with van der Waals surface area (Å²) < 4.78 is 2.41. The molecule has 23 heavy (non-hydrogen) atoms. The van der Waals surface area contributed by atoms with Crippen molar-refractivity contribution in [1.29, 1.82) is 0 Å². The Morgan fingerprint density at radius 2 is 1.61 bits per heavy atom. The summed E-state index contributed by atoms with van der Waals surface area (Å²) in [5, 5.41) is 9.57. The van der Waals surface area contributed by atoms with Crippen molar-refractivity contribution in [2.75, 3.05) is 0 Å². The smallest absolute Gasteiger partial charge is 0.115 e. The summed E-state index contributed by atoms with van der Waals surface area (Å²) in [5.41, 5.74) is 6.74. The summed E-state index contributed by atoms with van der Waals surface area (Å²) in [6, 6.07) is 18.1. The SMILES string of the molecule is CC1(C)Cc2c(-c3ccccc3)c(-c3ccc(O)cc3)cn2C1. The van der Waals surface area contributed by atoms with Crippen molar-refractivity contribution in [1.82, 2.24) is 4.57 Å². The number of aromatic hydroxyl groups is 1. The average Bonchev–Trinajstić information content (AvgIpc) is 3.00. The lowest BCUT2D eigenvalue weighted by Crippen LogP contribution is -2.12. The monoisotopic (exact) mass is 303 g/mol. The molecule has 0 amide bonds. The predicted molar refractivity (Wildman–Crippen MR) is 94.5 cm³/mol. The largest absolute Gasteiger partial charge is 0.508 e. The molecule has 2 heterocycles. The maximum Gasteiger partial charge on any atom is 0.115 e. The minimum atomic E-state index is 0.308. The Morgan fingerprint density at radius 1 is 0.913 bits per heavy atom. The maximum atomic E-state index is 9.57. The van der Waals surface area contributed by atoms with E-state index in [1.807, 2.05) is 12.1 Å². The molecule has 2 nitrogen and oxygen atoms in total. The van der Waals surface area contributed by atoms with E-state index in [0.29, 0.717) is 11.2 Å². The molecular formula is C21H21NO. The van der Waals surface area contributed by atoms with E-state index in [9.17, 15) is 5.11 Å². The van der Waals surface area contributed by atoms with Gasteiger partial charge in [-0.2, -0.15) is 0 Å². The van der Waals surface area contributed by atoms with Gasteiger partial charge in [0.25, 0.3) is 0 Å². The van der Waals surface area contributed by atoms with Gasteiger partial charge in [0.05, 0.1) is 0 Å². The average molecular weight is 303 g/mol. The summed E-state index contributed by atoms with van der Waals surface area (Å²) in [6.45, 7) is 5.71. The van der Waals surface area contributed by atoms with Gasteiger partial charge in [-0.1, -0.05) is 56.3 Å². The highest BCUT2D eigenvalue weighted by atomic mass is 16.3. The molecule has 1 N–H and O–H groups in total. The Balaban J connectivity index is 1.93. The number of hydrogen-bond donors (Lipinski definition) is 1. The molecule has 0 fully saturated rings. The van der Waals surface area contributed by atoms with Crippen LogP contribution in [0.15, 0.2) is 60.8 Å². The number of phenols is 1. The lowest BCUT2D eigenvalue weighted by molar-refractivity contribution is 0.359. The highest BCUT2D eigenvalue weighted by Gasteiger charge is 2.32. The molecule has 0 saturated heterocycles. The van der Waals surface area contributed by atoms with Crippen LogP contribution < -0.4 is 0 Å². The van der Waals surface area contributed by atoms with Gasteiger partial charge in [0.15, 0.2) is 0 Å². The Morgan fingerprint density at radius 3 is 2.30 bits per heavy atom. The fourth-order valence-electron chi connectivity index (χ4n) is 3.69. The lowest BCUT2D eigenvalue weighted by Gasteiger charge is -2.16. The van der Waals surface area contributed by atoms with E-state index in [1.54, 1.807) is 12.1 Å². The number of phenolic OH excluding ortho intramolecular Hbond substituents is 1. The zero-order valence-electron chi connectivity index (χ0n) is 13.6. The van der Waals surface area contributed by atoms with Crippen molar-refractivity contribution in [3.63, 3.8) is 0 Å². The number of nitrogens with zero attached hydrogens (tertiary/aromatic N) is 1. The molecule has 0 spiro atoms. The Labute approximate surface area is 137 Å². The first-order valence-electron chi connectivity index (χ1n) is 8.10. The van der Waals surface area contributed by atoms with E-state index in [-0.39, 0.29) is 0 Å². The van der Waals surface area contributed by atoms with Crippen LogP contribution in [-0.2, 0) is 13.0 Å². The second-order valence-corrected chi connectivity index (χ2v) is 7.25. The number of hydrogen-bond acceptors (Lipinski definition) is 1. The van der Waals surface area contributed by atoms with E-state index in [0.717, 1.165) is 18.5 Å². The first-order chi connectivity index (χ1) is 11.0. The minimum Gasteiger partial charge on any atom is -0.508 e. The number of rotatable bonds is 2. The fraction of sp³-hybridized carbons (Fsp3) is 0.238. The second kappa shape index (κ2) is 5.02.